The van der Waals surface area contributed by atoms with Crippen LogP contribution >= 0.6 is 11.6 Å². The fourth-order valence-electron chi connectivity index (χ4n) is 1.77. The SMILES string of the molecule is CN1ON=C(OCCC(=O)O)C1S(=O)(=O)c1ccc(Cl)cc1. The van der Waals surface area contributed by atoms with Gasteiger partial charge in [-0.2, -0.15) is 0 Å². The summed E-state index contributed by atoms with van der Waals surface area (Å²) in [6.07, 6.45) is -0.281. The number of likely N-dealkylation sites (N-methyl/N-ethyl adjacent to an activating group) is 1. The molecule has 10 heteroatoms. The lowest BCUT2D eigenvalue weighted by molar-refractivity contribution is -0.137. The van der Waals surface area contributed by atoms with E-state index in [1.165, 1.54) is 31.3 Å². The Bertz CT molecular complexity index is 688. The number of halogens is 1. The quantitative estimate of drug-likeness (QED) is 0.849. The van der Waals surface area contributed by atoms with E-state index >= 15 is 0 Å². The van der Waals surface area contributed by atoms with Crippen LogP contribution in [0, 0.1) is 0 Å². The Balaban J connectivity index is 2.21. The van der Waals surface area contributed by atoms with Gasteiger partial charge in [-0.25, -0.2) is 8.42 Å². The minimum Gasteiger partial charge on any atom is -0.481 e. The summed E-state index contributed by atoms with van der Waals surface area (Å²) in [5.74, 6) is -1.27. The molecular formula is C12H13ClN2O6S. The summed E-state index contributed by atoms with van der Waals surface area (Å²) >= 11 is 5.74. The minimum atomic E-state index is -3.87. The van der Waals surface area contributed by atoms with E-state index in [1.807, 2.05) is 0 Å². The fourth-order valence-corrected chi connectivity index (χ4v) is 3.48. The molecule has 1 aliphatic rings. The second-order valence-electron chi connectivity index (χ2n) is 4.40. The van der Waals surface area contributed by atoms with E-state index in [0.29, 0.717) is 5.02 Å². The van der Waals surface area contributed by atoms with Gasteiger partial charge in [-0.15, -0.1) is 0 Å². The molecule has 1 N–H and O–H groups in total. The number of carbonyl (C=O) groups is 1. The summed E-state index contributed by atoms with van der Waals surface area (Å²) in [7, 11) is -2.48. The Hall–Kier alpha value is -1.84. The molecule has 0 radical (unpaired) electrons. The Kier molecular flexibility index (Phi) is 4.89. The molecule has 0 spiro atoms. The zero-order valence-electron chi connectivity index (χ0n) is 11.5. The molecule has 0 saturated carbocycles. The van der Waals surface area contributed by atoms with Crippen molar-refractivity contribution in [2.45, 2.75) is 16.7 Å². The number of hydrogen-bond acceptors (Lipinski definition) is 7. The van der Waals surface area contributed by atoms with Gasteiger partial charge in [0.25, 0.3) is 5.90 Å². The highest BCUT2D eigenvalue weighted by atomic mass is 35.5. The van der Waals surface area contributed by atoms with Crippen LogP contribution in [0.3, 0.4) is 0 Å². The summed E-state index contributed by atoms with van der Waals surface area (Å²) in [6.45, 7) is -0.210. The highest BCUT2D eigenvalue weighted by molar-refractivity contribution is 7.92. The highest BCUT2D eigenvalue weighted by Gasteiger charge is 2.43. The summed E-state index contributed by atoms with van der Waals surface area (Å²) < 4.78 is 30.4. The first kappa shape index (κ1) is 16.5. The number of carboxylic acid groups (broad SMARTS) is 1. The van der Waals surface area contributed by atoms with E-state index in [9.17, 15) is 13.2 Å². The predicted molar refractivity (Wildman–Crippen MR) is 76.9 cm³/mol. The van der Waals surface area contributed by atoms with Gasteiger partial charge in [-0.05, 0) is 29.4 Å². The molecular weight excluding hydrogens is 336 g/mol. The second-order valence-corrected chi connectivity index (χ2v) is 6.85. The van der Waals surface area contributed by atoms with E-state index in [0.717, 1.165) is 5.06 Å². The Morgan fingerprint density at radius 1 is 1.45 bits per heavy atom. The van der Waals surface area contributed by atoms with Gasteiger partial charge in [-0.1, -0.05) is 16.7 Å². The lowest BCUT2D eigenvalue weighted by atomic mass is 10.4. The van der Waals surface area contributed by atoms with Crippen LogP contribution in [0.25, 0.3) is 0 Å². The third-order valence-corrected chi connectivity index (χ3v) is 5.07. The number of aliphatic carboxylic acids is 1. The highest BCUT2D eigenvalue weighted by Crippen LogP contribution is 2.25. The maximum Gasteiger partial charge on any atom is 0.306 e. The standard InChI is InChI=1S/C12H13ClN2O6S/c1-15-12(11(14-21-15)20-7-6-10(16)17)22(18,19)9-4-2-8(13)3-5-9/h2-5,12H,6-7H2,1H3,(H,16,17). The zero-order valence-corrected chi connectivity index (χ0v) is 13.0. The summed E-state index contributed by atoms with van der Waals surface area (Å²) in [4.78, 5) is 15.3. The normalized spacial score (nSPS) is 18.6. The van der Waals surface area contributed by atoms with Crippen molar-refractivity contribution < 1.29 is 28.0 Å². The molecule has 1 heterocycles. The van der Waals surface area contributed by atoms with Gasteiger partial charge in [0, 0.05) is 12.1 Å². The zero-order chi connectivity index (χ0) is 16.3. The molecule has 0 aromatic heterocycles. The number of ether oxygens (including phenoxy) is 1. The first-order valence-electron chi connectivity index (χ1n) is 6.14. The van der Waals surface area contributed by atoms with Crippen LogP contribution in [-0.2, 0) is 24.3 Å². The lowest BCUT2D eigenvalue weighted by Crippen LogP contribution is -2.40. The van der Waals surface area contributed by atoms with E-state index in [-0.39, 0.29) is 23.8 Å². The van der Waals surface area contributed by atoms with Crippen molar-refractivity contribution in [3.05, 3.63) is 29.3 Å². The van der Waals surface area contributed by atoms with Crippen molar-refractivity contribution in [3.63, 3.8) is 0 Å². The molecule has 8 nitrogen and oxygen atoms in total. The fraction of sp³-hybridized carbons (Fsp3) is 0.333. The number of benzene rings is 1. The summed E-state index contributed by atoms with van der Waals surface area (Å²) in [5, 5.41) is 12.2. The number of rotatable bonds is 5. The van der Waals surface area contributed by atoms with Crippen molar-refractivity contribution in [1.29, 1.82) is 0 Å². The van der Waals surface area contributed by atoms with Crippen molar-refractivity contribution in [2.75, 3.05) is 13.7 Å². The van der Waals surface area contributed by atoms with E-state index in [4.69, 9.17) is 26.4 Å². The summed E-state index contributed by atoms with van der Waals surface area (Å²) in [5.41, 5.74) is 0. The van der Waals surface area contributed by atoms with Gasteiger partial charge >= 0.3 is 5.97 Å². The third-order valence-electron chi connectivity index (χ3n) is 2.80. The van der Waals surface area contributed by atoms with E-state index in [2.05, 4.69) is 5.16 Å². The van der Waals surface area contributed by atoms with Crippen LogP contribution in [0.5, 0.6) is 0 Å². The first-order chi connectivity index (χ1) is 10.3. The molecule has 0 amide bonds. The third kappa shape index (κ3) is 3.49. The van der Waals surface area contributed by atoms with Gasteiger partial charge in [0.05, 0.1) is 11.3 Å². The average molecular weight is 349 g/mol. The number of nitrogens with zero attached hydrogens (tertiary/aromatic N) is 2. The summed E-state index contributed by atoms with van der Waals surface area (Å²) in [6, 6.07) is 5.62. The molecule has 0 bridgehead atoms. The largest absolute Gasteiger partial charge is 0.481 e. The maximum absolute atomic E-state index is 12.6. The van der Waals surface area contributed by atoms with Crippen molar-refractivity contribution >= 4 is 33.3 Å². The van der Waals surface area contributed by atoms with E-state index < -0.39 is 21.2 Å². The van der Waals surface area contributed by atoms with Gasteiger partial charge in [0.15, 0.2) is 0 Å². The predicted octanol–water partition coefficient (Wildman–Crippen LogP) is 1.12. The van der Waals surface area contributed by atoms with Crippen molar-refractivity contribution in [2.24, 2.45) is 5.16 Å². The van der Waals surface area contributed by atoms with Crippen molar-refractivity contribution in [3.8, 4) is 0 Å². The Morgan fingerprint density at radius 3 is 2.68 bits per heavy atom. The van der Waals surface area contributed by atoms with Gasteiger partial charge < -0.3 is 9.84 Å². The maximum atomic E-state index is 12.6. The monoisotopic (exact) mass is 348 g/mol. The van der Waals surface area contributed by atoms with Gasteiger partial charge in [-0.3, -0.25) is 9.73 Å². The second kappa shape index (κ2) is 6.51. The molecule has 22 heavy (non-hydrogen) atoms. The Morgan fingerprint density at radius 2 is 2.09 bits per heavy atom. The molecule has 0 aliphatic carbocycles. The molecule has 1 aromatic carbocycles. The van der Waals surface area contributed by atoms with Crippen LogP contribution in [0.4, 0.5) is 0 Å². The lowest BCUT2D eigenvalue weighted by Gasteiger charge is -2.18. The molecule has 1 atom stereocenters. The van der Waals surface area contributed by atoms with Crippen LogP contribution in [-0.4, -0.2) is 49.5 Å². The molecule has 120 valence electrons. The minimum absolute atomic E-state index is 0.0220. The van der Waals surface area contributed by atoms with E-state index in [1.54, 1.807) is 0 Å². The number of sulfone groups is 1. The molecule has 0 fully saturated rings. The number of carboxylic acids is 1. The molecule has 1 aliphatic heterocycles. The number of hydrogen-bond donors (Lipinski definition) is 1. The molecule has 0 saturated heterocycles. The van der Waals surface area contributed by atoms with Crippen molar-refractivity contribution in [1.82, 2.24) is 5.06 Å². The average Bonchev–Trinajstić information content (AvgIpc) is 2.80. The first-order valence-corrected chi connectivity index (χ1v) is 8.06. The number of oxime groups is 1. The smallest absolute Gasteiger partial charge is 0.306 e. The molecule has 1 unspecified atom stereocenters. The van der Waals surface area contributed by atoms with Crippen LogP contribution in [0.1, 0.15) is 6.42 Å². The van der Waals surface area contributed by atoms with Crippen LogP contribution in [0.15, 0.2) is 34.3 Å². The van der Waals surface area contributed by atoms with Gasteiger partial charge in [0.1, 0.15) is 6.61 Å². The Labute approximate surface area is 131 Å². The van der Waals surface area contributed by atoms with Crippen LogP contribution in [0.2, 0.25) is 5.02 Å². The van der Waals surface area contributed by atoms with Gasteiger partial charge in [0.2, 0.25) is 15.2 Å². The van der Waals surface area contributed by atoms with Crippen LogP contribution < -0.4 is 0 Å². The molecule has 2 rings (SSSR count). The topological polar surface area (TPSA) is 106 Å². The molecule has 1 aromatic rings. The number of hydroxylamine groups is 2.